The fourth-order valence-electron chi connectivity index (χ4n) is 20.1. The van der Waals surface area contributed by atoms with Gasteiger partial charge in [-0.3, -0.25) is 0 Å². The molecule has 5 nitrogen and oxygen atoms in total. The van der Waals surface area contributed by atoms with Crippen LogP contribution < -0.4 is 26.2 Å². The molecule has 0 atom stereocenters. The Morgan fingerprint density at radius 3 is 1.02 bits per heavy atom. The minimum Gasteiger partial charge on any atom is -0.456 e. The van der Waals surface area contributed by atoms with Gasteiger partial charge in [-0.05, 0) is 221 Å². The van der Waals surface area contributed by atoms with E-state index in [2.05, 4.69) is 470 Å². The summed E-state index contributed by atoms with van der Waals surface area (Å²) in [5.74, 6) is 0.160. The number of benzene rings is 19. The predicted molar refractivity (Wildman–Crippen MR) is 519 cm³/mol. The largest absolute Gasteiger partial charge is 0.456 e. The Kier molecular flexibility index (Phi) is 16.9. The van der Waals surface area contributed by atoms with Gasteiger partial charge in [0.1, 0.15) is 11.2 Å². The van der Waals surface area contributed by atoms with Crippen LogP contribution in [0, 0.1) is 0 Å². The third-order valence-corrected chi connectivity index (χ3v) is 25.8. The maximum Gasteiger partial charge on any atom is 0.252 e. The number of hydrogen-bond donors (Lipinski definition) is 0. The van der Waals surface area contributed by atoms with E-state index in [1.54, 1.807) is 0 Å². The van der Waals surface area contributed by atoms with Crippen molar-refractivity contribution in [3.8, 4) is 112 Å². The number of fused-ring (bicyclic) bond motifs is 13. The molecule has 0 fully saturated rings. The lowest BCUT2D eigenvalue weighted by atomic mass is 9.33. The average Bonchev–Trinajstić information content (AvgIpc) is 1.16. The van der Waals surface area contributed by atoms with Crippen LogP contribution in [0.25, 0.3) is 177 Å². The zero-order valence-corrected chi connectivity index (χ0v) is 67.9. The summed E-state index contributed by atoms with van der Waals surface area (Å²) in [4.78, 5) is 5.44. The zero-order chi connectivity index (χ0) is 81.3. The lowest BCUT2D eigenvalue weighted by molar-refractivity contribution is 0.669. The molecule has 123 heavy (non-hydrogen) atoms. The standard InChI is InChI=1S/C117H79BN4O/c1-75(2)89-69-100(79-36-13-6-14-37-79)117(101(70-89)88-45-28-43-85(67-88)83-41-26-39-81(65-83)77-32-9-4-10-33-77)122-110-74-92(120-107-55-22-17-48-97(107)98-49-18-23-56-108(98)120)60-62-104(110)118-103-61-59-91(119-105-53-20-15-46-95(105)96-47-16-21-54-106(96)119)73-109(103)121(111-71-90(72-112(122)115(111)118)86-58-63-114-102(68-86)99-50-19-24-57-113(99)123-114)116-93(78-34-11-5-12-35-78)51-29-52-94(116)87-44-27-42-84(66-87)82-40-25-38-80(64-82)76-30-7-3-8-31-76/h3-75H,1-2H3. The van der Waals surface area contributed by atoms with Gasteiger partial charge in [-0.2, -0.15) is 0 Å². The Balaban J connectivity index is 0.856. The van der Waals surface area contributed by atoms with Crippen molar-refractivity contribution in [1.82, 2.24) is 9.13 Å². The Bertz CT molecular complexity index is 7890. The van der Waals surface area contributed by atoms with Crippen molar-refractivity contribution >= 4 is 123 Å². The number of anilines is 6. The molecule has 19 aromatic carbocycles. The fraction of sp³-hybridized carbons (Fsp3) is 0.0256. The Labute approximate surface area is 714 Å². The molecule has 0 aliphatic carbocycles. The molecule has 6 heteroatoms. The molecule has 0 saturated heterocycles. The molecule has 0 bridgehead atoms. The summed E-state index contributed by atoms with van der Waals surface area (Å²) in [6.45, 7) is 4.35. The van der Waals surface area contributed by atoms with E-state index in [4.69, 9.17) is 4.42 Å². The van der Waals surface area contributed by atoms with Crippen LogP contribution >= 0.6 is 0 Å². The number of para-hydroxylation sites is 6. The summed E-state index contributed by atoms with van der Waals surface area (Å²) >= 11 is 0. The first kappa shape index (κ1) is 71.4. The van der Waals surface area contributed by atoms with Gasteiger partial charge < -0.3 is 23.4 Å². The smallest absolute Gasteiger partial charge is 0.252 e. The second-order valence-corrected chi connectivity index (χ2v) is 33.2. The zero-order valence-electron chi connectivity index (χ0n) is 67.9. The molecule has 0 radical (unpaired) electrons. The highest BCUT2D eigenvalue weighted by molar-refractivity contribution is 7.00. The first-order valence-electron chi connectivity index (χ1n) is 42.7. The first-order chi connectivity index (χ1) is 60.8. The van der Waals surface area contributed by atoms with Crippen LogP contribution in [0.4, 0.5) is 34.1 Å². The Morgan fingerprint density at radius 1 is 0.220 bits per heavy atom. The lowest BCUT2D eigenvalue weighted by Gasteiger charge is -2.46. The van der Waals surface area contributed by atoms with Crippen molar-refractivity contribution in [3.63, 3.8) is 0 Å². The van der Waals surface area contributed by atoms with E-state index in [1.165, 1.54) is 65.8 Å². The highest BCUT2D eigenvalue weighted by Crippen LogP contribution is 2.56. The van der Waals surface area contributed by atoms with Crippen molar-refractivity contribution in [1.29, 1.82) is 0 Å². The van der Waals surface area contributed by atoms with Gasteiger partial charge in [-0.15, -0.1) is 0 Å². The van der Waals surface area contributed by atoms with Crippen LogP contribution in [0.3, 0.4) is 0 Å². The van der Waals surface area contributed by atoms with Gasteiger partial charge in [0.05, 0.1) is 33.4 Å². The summed E-state index contributed by atoms with van der Waals surface area (Å²) < 4.78 is 11.8. The molecular weight excluding hydrogens is 1490 g/mol. The van der Waals surface area contributed by atoms with Crippen LogP contribution in [-0.2, 0) is 0 Å². The second-order valence-electron chi connectivity index (χ2n) is 33.2. The van der Waals surface area contributed by atoms with Crippen LogP contribution in [-0.4, -0.2) is 15.8 Å². The van der Waals surface area contributed by atoms with Crippen LogP contribution in [0.5, 0.6) is 0 Å². The molecule has 0 saturated carbocycles. The van der Waals surface area contributed by atoms with Crippen molar-refractivity contribution in [2.75, 3.05) is 9.80 Å². The van der Waals surface area contributed by atoms with Crippen molar-refractivity contribution in [2.45, 2.75) is 19.8 Å². The van der Waals surface area contributed by atoms with Crippen molar-refractivity contribution in [2.24, 2.45) is 0 Å². The fourth-order valence-corrected chi connectivity index (χ4v) is 20.1. The molecule has 5 heterocycles. The van der Waals surface area contributed by atoms with E-state index in [0.29, 0.717) is 0 Å². The van der Waals surface area contributed by atoms with Gasteiger partial charge in [0.2, 0.25) is 0 Å². The maximum atomic E-state index is 6.77. The van der Waals surface area contributed by atoms with Gasteiger partial charge in [0.25, 0.3) is 6.71 Å². The SMILES string of the molecule is CC(C)c1cc(-c2ccccc2)c(N2c3cc(-n4c5ccccc5c5ccccc54)ccc3B3c4ccc(-n5c6ccccc6c6ccccc65)cc4N(c4c(-c5ccccc5)cccc4-c4cccc(-c5cccc(-c6ccccc6)c5)c4)c4cc(-c5ccc6oc7ccccc7c6c5)cc2c43)c(-c2cccc(-c3cccc(-c4ccccc4)c3)c2)c1. The average molecular weight is 1570 g/mol. The van der Waals surface area contributed by atoms with E-state index in [1.807, 2.05) is 0 Å². The topological polar surface area (TPSA) is 29.5 Å². The molecule has 24 rings (SSSR count). The van der Waals surface area contributed by atoms with Gasteiger partial charge in [0, 0.05) is 88.7 Å². The number of furan rings is 1. The molecule has 0 amide bonds. The normalized spacial score (nSPS) is 12.3. The molecular formula is C117H79BN4O. The van der Waals surface area contributed by atoms with Gasteiger partial charge in [-0.25, -0.2) is 0 Å². The van der Waals surface area contributed by atoms with E-state index >= 15 is 0 Å². The van der Waals surface area contributed by atoms with E-state index in [0.717, 1.165) is 167 Å². The molecule has 3 aromatic heterocycles. The van der Waals surface area contributed by atoms with Gasteiger partial charge in [-0.1, -0.05) is 335 Å². The predicted octanol–water partition coefficient (Wildman–Crippen LogP) is 30.0. The van der Waals surface area contributed by atoms with E-state index < -0.39 is 0 Å². The Morgan fingerprint density at radius 2 is 0.553 bits per heavy atom. The van der Waals surface area contributed by atoms with Crippen LogP contribution in [0.1, 0.15) is 25.3 Å². The first-order valence-corrected chi connectivity index (χ1v) is 42.7. The highest BCUT2D eigenvalue weighted by Gasteiger charge is 2.46. The molecule has 0 N–H and O–H groups in total. The second kappa shape index (κ2) is 29.1. The summed E-state index contributed by atoms with van der Waals surface area (Å²) in [7, 11) is 0. The molecule has 22 aromatic rings. The summed E-state index contributed by atoms with van der Waals surface area (Å²) in [5, 5.41) is 6.95. The molecule has 0 spiro atoms. The number of nitrogens with zero attached hydrogens (tertiary/aromatic N) is 4. The number of hydrogen-bond acceptors (Lipinski definition) is 3. The third-order valence-electron chi connectivity index (χ3n) is 25.8. The molecule has 2 aliphatic rings. The Hall–Kier alpha value is -15.8. The summed E-state index contributed by atoms with van der Waals surface area (Å²) in [6.07, 6.45) is 0. The van der Waals surface area contributed by atoms with Gasteiger partial charge in [0.15, 0.2) is 0 Å². The van der Waals surface area contributed by atoms with E-state index in [-0.39, 0.29) is 12.6 Å². The van der Waals surface area contributed by atoms with Crippen molar-refractivity contribution < 1.29 is 4.42 Å². The third kappa shape index (κ3) is 11.8. The summed E-state index contributed by atoms with van der Waals surface area (Å²) in [5.41, 5.74) is 39.8. The minimum absolute atomic E-state index is 0.160. The minimum atomic E-state index is -0.340. The highest BCUT2D eigenvalue weighted by atomic mass is 16.3. The van der Waals surface area contributed by atoms with Crippen LogP contribution in [0.15, 0.2) is 441 Å². The molecule has 0 unspecified atom stereocenters. The number of rotatable bonds is 14. The summed E-state index contributed by atoms with van der Waals surface area (Å²) in [6, 6.07) is 164. The molecule has 576 valence electrons. The van der Waals surface area contributed by atoms with Gasteiger partial charge >= 0.3 is 0 Å². The quantitative estimate of drug-likeness (QED) is 0.102. The van der Waals surface area contributed by atoms with Crippen molar-refractivity contribution in [3.05, 3.63) is 442 Å². The maximum absolute atomic E-state index is 6.77. The monoisotopic (exact) mass is 1570 g/mol. The molecule has 2 aliphatic heterocycles. The lowest BCUT2D eigenvalue weighted by Crippen LogP contribution is -2.61. The van der Waals surface area contributed by atoms with E-state index in [9.17, 15) is 0 Å². The number of aromatic nitrogens is 2. The van der Waals surface area contributed by atoms with Crippen LogP contribution in [0.2, 0.25) is 0 Å².